The van der Waals surface area contributed by atoms with Crippen molar-refractivity contribution in [2.24, 2.45) is 0 Å². The fourth-order valence-corrected chi connectivity index (χ4v) is 3.34. The molecular weight excluding hydrogens is 348 g/mol. The minimum atomic E-state index is -0.199. The minimum absolute atomic E-state index is 0.199. The van der Waals surface area contributed by atoms with E-state index >= 15 is 0 Å². The molecule has 3 aromatic heterocycles. The monoisotopic (exact) mass is 364 g/mol. The van der Waals surface area contributed by atoms with Crippen molar-refractivity contribution in [1.82, 2.24) is 14.4 Å². The average molecular weight is 364 g/mol. The maximum atomic E-state index is 12.8. The van der Waals surface area contributed by atoms with Crippen molar-refractivity contribution in [3.63, 3.8) is 0 Å². The van der Waals surface area contributed by atoms with Crippen molar-refractivity contribution >= 4 is 28.1 Å². The van der Waals surface area contributed by atoms with Crippen LogP contribution in [-0.4, -0.2) is 20.3 Å². The number of fused-ring (bicyclic) bond motifs is 2. The zero-order valence-electron chi connectivity index (χ0n) is 14.9. The van der Waals surface area contributed by atoms with Crippen molar-refractivity contribution < 1.29 is 4.79 Å². The van der Waals surface area contributed by atoms with E-state index in [2.05, 4.69) is 34.6 Å². The maximum Gasteiger partial charge on any atom is 0.256 e. The lowest BCUT2D eigenvalue weighted by Gasteiger charge is -2.08. The molecule has 134 valence electrons. The van der Waals surface area contributed by atoms with Crippen LogP contribution in [0, 0.1) is 0 Å². The number of aromatic nitrogens is 3. The molecule has 5 heteroatoms. The van der Waals surface area contributed by atoms with Gasteiger partial charge in [0, 0.05) is 29.7 Å². The van der Waals surface area contributed by atoms with Crippen LogP contribution in [0.25, 0.3) is 27.7 Å². The van der Waals surface area contributed by atoms with E-state index in [0.717, 1.165) is 27.7 Å². The van der Waals surface area contributed by atoms with Gasteiger partial charge in [0.1, 0.15) is 17.2 Å². The average Bonchev–Trinajstić information content (AvgIpc) is 3.12. The van der Waals surface area contributed by atoms with Crippen LogP contribution in [0.15, 0.2) is 91.4 Å². The molecule has 0 radical (unpaired) electrons. The van der Waals surface area contributed by atoms with Gasteiger partial charge in [-0.3, -0.25) is 14.2 Å². The third-order valence-corrected chi connectivity index (χ3v) is 4.73. The Morgan fingerprint density at radius 2 is 1.64 bits per heavy atom. The lowest BCUT2D eigenvalue weighted by molar-refractivity contribution is 0.102. The summed E-state index contributed by atoms with van der Waals surface area (Å²) in [5.41, 5.74) is 3.01. The molecule has 0 unspecified atom stereocenters. The molecule has 0 aliphatic carbocycles. The molecule has 0 bridgehead atoms. The molecule has 3 heterocycles. The van der Waals surface area contributed by atoms with Crippen LogP contribution in [-0.2, 0) is 0 Å². The normalized spacial score (nSPS) is 11.0. The first-order chi connectivity index (χ1) is 13.8. The van der Waals surface area contributed by atoms with Gasteiger partial charge in [-0.05, 0) is 41.1 Å². The summed E-state index contributed by atoms with van der Waals surface area (Å²) in [6.07, 6.45) is 5.11. The summed E-state index contributed by atoms with van der Waals surface area (Å²) in [4.78, 5) is 21.5. The first-order valence-electron chi connectivity index (χ1n) is 8.97. The van der Waals surface area contributed by atoms with Crippen LogP contribution in [0.3, 0.4) is 0 Å². The summed E-state index contributed by atoms with van der Waals surface area (Å²) in [6, 6.07) is 23.5. The van der Waals surface area contributed by atoms with Gasteiger partial charge in [0.15, 0.2) is 0 Å². The van der Waals surface area contributed by atoms with E-state index < -0.39 is 0 Å². The highest BCUT2D eigenvalue weighted by molar-refractivity contribution is 6.06. The van der Waals surface area contributed by atoms with Crippen molar-refractivity contribution in [3.8, 4) is 11.3 Å². The highest BCUT2D eigenvalue weighted by Crippen LogP contribution is 2.31. The SMILES string of the molecule is O=C(Nc1c(-c2ccc3ccccc3c2)nc2ccccn12)c1ccncc1. The molecule has 0 atom stereocenters. The molecule has 1 amide bonds. The van der Waals surface area contributed by atoms with Gasteiger partial charge >= 0.3 is 0 Å². The molecule has 0 fully saturated rings. The highest BCUT2D eigenvalue weighted by Gasteiger charge is 2.17. The summed E-state index contributed by atoms with van der Waals surface area (Å²) < 4.78 is 1.89. The second-order valence-electron chi connectivity index (χ2n) is 6.49. The van der Waals surface area contributed by atoms with E-state index in [1.165, 1.54) is 0 Å². The summed E-state index contributed by atoms with van der Waals surface area (Å²) >= 11 is 0. The second kappa shape index (κ2) is 6.63. The van der Waals surface area contributed by atoms with Gasteiger partial charge in [-0.1, -0.05) is 42.5 Å². The standard InChI is InChI=1S/C23H16N4O/c28-23(17-10-12-24-13-11-17)26-22-21(25-20-7-3-4-14-27(20)22)19-9-8-16-5-1-2-6-18(16)15-19/h1-15H,(H,26,28). The van der Waals surface area contributed by atoms with Crippen LogP contribution in [0.2, 0.25) is 0 Å². The molecule has 5 aromatic rings. The lowest BCUT2D eigenvalue weighted by Crippen LogP contribution is -2.14. The highest BCUT2D eigenvalue weighted by atomic mass is 16.1. The summed E-state index contributed by atoms with van der Waals surface area (Å²) in [5.74, 6) is 0.447. The molecule has 1 N–H and O–H groups in total. The Balaban J connectivity index is 1.66. The van der Waals surface area contributed by atoms with Crippen LogP contribution in [0.4, 0.5) is 5.82 Å². The maximum absolute atomic E-state index is 12.8. The van der Waals surface area contributed by atoms with Crippen LogP contribution in [0.5, 0.6) is 0 Å². The minimum Gasteiger partial charge on any atom is -0.306 e. The Bertz CT molecular complexity index is 1310. The fraction of sp³-hybridized carbons (Fsp3) is 0. The zero-order chi connectivity index (χ0) is 18.9. The molecule has 0 saturated carbocycles. The van der Waals surface area contributed by atoms with Gasteiger partial charge in [0.25, 0.3) is 5.91 Å². The van der Waals surface area contributed by atoms with Gasteiger partial charge in [-0.15, -0.1) is 0 Å². The molecule has 5 rings (SSSR count). The fourth-order valence-electron chi connectivity index (χ4n) is 3.34. The van der Waals surface area contributed by atoms with Crippen LogP contribution in [0.1, 0.15) is 10.4 Å². The number of imidazole rings is 1. The number of amides is 1. The molecule has 0 saturated heterocycles. The Hall–Kier alpha value is -3.99. The largest absolute Gasteiger partial charge is 0.306 e. The number of carbonyl (C=O) groups is 1. The number of pyridine rings is 2. The van der Waals surface area contributed by atoms with Gasteiger partial charge in [0.05, 0.1) is 0 Å². The van der Waals surface area contributed by atoms with Gasteiger partial charge in [-0.2, -0.15) is 0 Å². The number of carbonyl (C=O) groups excluding carboxylic acids is 1. The van der Waals surface area contributed by atoms with E-state index in [4.69, 9.17) is 4.98 Å². The third-order valence-electron chi connectivity index (χ3n) is 4.73. The third kappa shape index (κ3) is 2.79. The molecular formula is C23H16N4O. The predicted octanol–water partition coefficient (Wildman–Crippen LogP) is 4.80. The molecule has 28 heavy (non-hydrogen) atoms. The zero-order valence-corrected chi connectivity index (χ0v) is 14.9. The number of rotatable bonds is 3. The second-order valence-corrected chi connectivity index (χ2v) is 6.49. The van der Waals surface area contributed by atoms with Crippen molar-refractivity contribution in [1.29, 1.82) is 0 Å². The lowest BCUT2D eigenvalue weighted by atomic mass is 10.1. The number of hydrogen-bond acceptors (Lipinski definition) is 3. The summed E-state index contributed by atoms with van der Waals surface area (Å²) in [5, 5.41) is 5.32. The Morgan fingerprint density at radius 1 is 0.857 bits per heavy atom. The van der Waals surface area contributed by atoms with E-state index in [0.29, 0.717) is 11.4 Å². The van der Waals surface area contributed by atoms with Crippen molar-refractivity contribution in [3.05, 3.63) is 97.0 Å². The Kier molecular flexibility index (Phi) is 3.84. The first kappa shape index (κ1) is 16.2. The first-order valence-corrected chi connectivity index (χ1v) is 8.97. The van der Waals surface area contributed by atoms with E-state index in [-0.39, 0.29) is 5.91 Å². The summed E-state index contributed by atoms with van der Waals surface area (Å²) in [7, 11) is 0. The summed E-state index contributed by atoms with van der Waals surface area (Å²) in [6.45, 7) is 0. The van der Waals surface area contributed by atoms with Crippen LogP contribution < -0.4 is 5.32 Å². The van der Waals surface area contributed by atoms with Gasteiger partial charge in [0.2, 0.25) is 0 Å². The van der Waals surface area contributed by atoms with E-state index in [9.17, 15) is 4.79 Å². The molecule has 0 aliphatic rings. The van der Waals surface area contributed by atoms with E-state index in [1.807, 2.05) is 47.0 Å². The molecule has 5 nitrogen and oxygen atoms in total. The molecule has 0 aliphatic heterocycles. The number of nitrogens with zero attached hydrogens (tertiary/aromatic N) is 3. The Morgan fingerprint density at radius 3 is 2.50 bits per heavy atom. The Labute approximate surface area is 161 Å². The molecule has 0 spiro atoms. The quantitative estimate of drug-likeness (QED) is 0.500. The molecule has 2 aromatic carbocycles. The number of anilines is 1. The van der Waals surface area contributed by atoms with Gasteiger partial charge in [-0.25, -0.2) is 4.98 Å². The van der Waals surface area contributed by atoms with Crippen molar-refractivity contribution in [2.45, 2.75) is 0 Å². The van der Waals surface area contributed by atoms with Gasteiger partial charge < -0.3 is 5.32 Å². The predicted molar refractivity (Wildman–Crippen MR) is 110 cm³/mol. The number of benzene rings is 2. The van der Waals surface area contributed by atoms with Crippen LogP contribution >= 0.6 is 0 Å². The number of nitrogens with one attached hydrogen (secondary N) is 1. The smallest absolute Gasteiger partial charge is 0.256 e. The van der Waals surface area contributed by atoms with E-state index in [1.54, 1.807) is 24.5 Å². The topological polar surface area (TPSA) is 59.3 Å². The number of hydrogen-bond donors (Lipinski definition) is 1. The van der Waals surface area contributed by atoms with Crippen molar-refractivity contribution in [2.75, 3.05) is 5.32 Å².